The Hall–Kier alpha value is -1.64. The highest BCUT2D eigenvalue weighted by atomic mass is 32.2. The van der Waals surface area contributed by atoms with E-state index in [1.807, 2.05) is 0 Å². The molecule has 1 aliphatic rings. The van der Waals surface area contributed by atoms with Crippen LogP contribution in [0.4, 0.5) is 5.69 Å². The number of carboxylic acids is 1. The lowest BCUT2D eigenvalue weighted by Crippen LogP contribution is -2.32. The molecule has 116 valence electrons. The molecule has 8 heteroatoms. The third-order valence-corrected chi connectivity index (χ3v) is 4.54. The van der Waals surface area contributed by atoms with Gasteiger partial charge in [-0.1, -0.05) is 12.1 Å². The van der Waals surface area contributed by atoms with Gasteiger partial charge < -0.3 is 9.84 Å². The van der Waals surface area contributed by atoms with Gasteiger partial charge in [0.25, 0.3) is 10.2 Å². The maximum atomic E-state index is 11.7. The van der Waals surface area contributed by atoms with Gasteiger partial charge in [0.2, 0.25) is 0 Å². The first-order chi connectivity index (χ1) is 9.89. The van der Waals surface area contributed by atoms with Crippen LogP contribution in [0.1, 0.15) is 18.4 Å². The lowest BCUT2D eigenvalue weighted by atomic mass is 9.96. The highest BCUT2D eigenvalue weighted by Gasteiger charge is 2.51. The molecular formula is C13H18N2O5S. The van der Waals surface area contributed by atoms with E-state index < -0.39 is 21.6 Å². The molecule has 1 saturated carbocycles. The van der Waals surface area contributed by atoms with E-state index in [9.17, 15) is 18.3 Å². The molecule has 3 N–H and O–H groups in total. The van der Waals surface area contributed by atoms with E-state index in [1.165, 1.54) is 7.11 Å². The summed E-state index contributed by atoms with van der Waals surface area (Å²) in [5, 5.41) is 9.20. The Kier molecular flexibility index (Phi) is 4.50. The minimum atomic E-state index is -3.65. The van der Waals surface area contributed by atoms with Gasteiger partial charge in [0.1, 0.15) is 0 Å². The van der Waals surface area contributed by atoms with Crippen molar-refractivity contribution in [1.29, 1.82) is 0 Å². The fourth-order valence-corrected chi connectivity index (χ4v) is 2.95. The number of ether oxygens (including phenoxy) is 1. The Bertz CT molecular complexity index is 608. The van der Waals surface area contributed by atoms with Crippen LogP contribution in [0.3, 0.4) is 0 Å². The maximum Gasteiger partial charge on any atom is 0.314 e. The molecule has 0 atom stereocenters. The van der Waals surface area contributed by atoms with Crippen molar-refractivity contribution in [2.45, 2.75) is 18.3 Å². The number of benzene rings is 1. The number of carboxylic acid groups (broad SMARTS) is 1. The Morgan fingerprint density at radius 1 is 1.33 bits per heavy atom. The molecule has 0 spiro atoms. The highest BCUT2D eigenvalue weighted by Crippen LogP contribution is 2.48. The van der Waals surface area contributed by atoms with E-state index in [0.29, 0.717) is 24.1 Å². The Balaban J connectivity index is 2.01. The Labute approximate surface area is 123 Å². The van der Waals surface area contributed by atoms with Gasteiger partial charge in [-0.05, 0) is 30.5 Å². The first-order valence-electron chi connectivity index (χ1n) is 6.50. The summed E-state index contributed by atoms with van der Waals surface area (Å²) in [7, 11) is -2.17. The standard InChI is InChI=1S/C13H18N2O5S/c1-20-9-8-14-21(18,19)15-11-4-2-10(3-5-11)13(6-7-13)12(16)17/h2-5,14-15H,6-9H2,1H3,(H,16,17). The van der Waals surface area contributed by atoms with Crippen molar-refractivity contribution < 1.29 is 23.1 Å². The lowest BCUT2D eigenvalue weighted by molar-refractivity contribution is -0.140. The number of anilines is 1. The van der Waals surface area contributed by atoms with E-state index in [-0.39, 0.29) is 13.2 Å². The highest BCUT2D eigenvalue weighted by molar-refractivity contribution is 7.90. The second-order valence-corrected chi connectivity index (χ2v) is 6.46. The van der Waals surface area contributed by atoms with Crippen molar-refractivity contribution in [3.05, 3.63) is 29.8 Å². The molecule has 0 saturated heterocycles. The molecule has 1 fully saturated rings. The second kappa shape index (κ2) is 6.00. The number of hydrogen-bond acceptors (Lipinski definition) is 4. The fraction of sp³-hybridized carbons (Fsp3) is 0.462. The molecule has 0 unspecified atom stereocenters. The number of aliphatic carboxylic acids is 1. The smallest absolute Gasteiger partial charge is 0.314 e. The molecule has 0 bridgehead atoms. The first-order valence-corrected chi connectivity index (χ1v) is 7.98. The average molecular weight is 314 g/mol. The zero-order chi connectivity index (χ0) is 15.5. The summed E-state index contributed by atoms with van der Waals surface area (Å²) in [5.74, 6) is -0.836. The monoisotopic (exact) mass is 314 g/mol. The van der Waals surface area contributed by atoms with Crippen LogP contribution in [0.15, 0.2) is 24.3 Å². The number of rotatable bonds is 8. The largest absolute Gasteiger partial charge is 0.481 e. The summed E-state index contributed by atoms with van der Waals surface area (Å²) in [6, 6.07) is 6.42. The quantitative estimate of drug-likeness (QED) is 0.613. The number of hydrogen-bond donors (Lipinski definition) is 3. The van der Waals surface area contributed by atoms with Crippen LogP contribution in [-0.2, 0) is 25.2 Å². The Morgan fingerprint density at radius 3 is 2.43 bits per heavy atom. The summed E-state index contributed by atoms with van der Waals surface area (Å²) in [6.45, 7) is 0.451. The van der Waals surface area contributed by atoms with Crippen molar-refractivity contribution in [3.8, 4) is 0 Å². The van der Waals surface area contributed by atoms with E-state index in [4.69, 9.17) is 4.74 Å². The summed E-state index contributed by atoms with van der Waals surface area (Å²) in [6.07, 6.45) is 1.23. The van der Waals surface area contributed by atoms with Crippen LogP contribution < -0.4 is 9.44 Å². The summed E-state index contributed by atoms with van der Waals surface area (Å²) >= 11 is 0. The lowest BCUT2D eigenvalue weighted by Gasteiger charge is -2.12. The molecule has 2 rings (SSSR count). The van der Waals surface area contributed by atoms with Crippen LogP contribution in [0, 0.1) is 0 Å². The molecule has 1 aromatic rings. The molecule has 7 nitrogen and oxygen atoms in total. The van der Waals surface area contributed by atoms with Gasteiger partial charge >= 0.3 is 5.97 Å². The number of methoxy groups -OCH3 is 1. The molecule has 0 heterocycles. The predicted octanol–water partition coefficient (Wildman–Crippen LogP) is 0.695. The van der Waals surface area contributed by atoms with Crippen molar-refractivity contribution in [2.24, 2.45) is 0 Å². The van der Waals surface area contributed by atoms with Crippen LogP contribution in [0.5, 0.6) is 0 Å². The third-order valence-electron chi connectivity index (χ3n) is 3.45. The molecule has 1 aromatic carbocycles. The van der Waals surface area contributed by atoms with Gasteiger partial charge in [-0.3, -0.25) is 9.52 Å². The fourth-order valence-electron chi connectivity index (χ4n) is 2.08. The van der Waals surface area contributed by atoms with E-state index in [0.717, 1.165) is 0 Å². The van der Waals surface area contributed by atoms with Crippen LogP contribution in [0.2, 0.25) is 0 Å². The van der Waals surface area contributed by atoms with Crippen molar-refractivity contribution in [2.75, 3.05) is 25.0 Å². The number of carbonyl (C=O) groups is 1. The van der Waals surface area contributed by atoms with Crippen LogP contribution in [0.25, 0.3) is 0 Å². The second-order valence-electron chi connectivity index (χ2n) is 4.96. The van der Waals surface area contributed by atoms with Gasteiger partial charge in [-0.25, -0.2) is 0 Å². The SMILES string of the molecule is COCCNS(=O)(=O)Nc1ccc(C2(C(=O)O)CC2)cc1. The van der Waals surface area contributed by atoms with Gasteiger partial charge in [-0.2, -0.15) is 13.1 Å². The molecule has 0 radical (unpaired) electrons. The summed E-state index contributed by atoms with van der Waals surface area (Å²) in [5.41, 5.74) is 0.295. The minimum absolute atomic E-state index is 0.173. The van der Waals surface area contributed by atoms with E-state index in [1.54, 1.807) is 24.3 Å². The third kappa shape index (κ3) is 3.72. The first kappa shape index (κ1) is 15.7. The predicted molar refractivity (Wildman–Crippen MR) is 77.4 cm³/mol. The van der Waals surface area contributed by atoms with Crippen molar-refractivity contribution in [3.63, 3.8) is 0 Å². The molecule has 0 aliphatic heterocycles. The Morgan fingerprint density at radius 2 is 1.95 bits per heavy atom. The van der Waals surface area contributed by atoms with Crippen LogP contribution in [-0.4, -0.2) is 39.8 Å². The van der Waals surface area contributed by atoms with Gasteiger partial charge in [0.05, 0.1) is 12.0 Å². The normalized spacial score (nSPS) is 16.4. The molecular weight excluding hydrogens is 296 g/mol. The van der Waals surface area contributed by atoms with Gasteiger partial charge in [-0.15, -0.1) is 0 Å². The van der Waals surface area contributed by atoms with Crippen LogP contribution >= 0.6 is 0 Å². The van der Waals surface area contributed by atoms with Crippen molar-refractivity contribution in [1.82, 2.24) is 4.72 Å². The molecule has 0 amide bonds. The zero-order valence-electron chi connectivity index (χ0n) is 11.6. The summed E-state index contributed by atoms with van der Waals surface area (Å²) < 4.78 is 32.9. The van der Waals surface area contributed by atoms with E-state index >= 15 is 0 Å². The van der Waals surface area contributed by atoms with Gasteiger partial charge in [0, 0.05) is 19.3 Å². The number of nitrogens with one attached hydrogen (secondary N) is 2. The average Bonchev–Trinajstić information content (AvgIpc) is 3.21. The topological polar surface area (TPSA) is 105 Å². The minimum Gasteiger partial charge on any atom is -0.481 e. The molecule has 1 aliphatic carbocycles. The summed E-state index contributed by atoms with van der Waals surface area (Å²) in [4.78, 5) is 11.2. The zero-order valence-corrected chi connectivity index (χ0v) is 12.4. The van der Waals surface area contributed by atoms with Crippen molar-refractivity contribution >= 4 is 21.9 Å². The van der Waals surface area contributed by atoms with Gasteiger partial charge in [0.15, 0.2) is 0 Å². The molecule has 0 aromatic heterocycles. The molecule has 21 heavy (non-hydrogen) atoms. The maximum absolute atomic E-state index is 11.7. The van der Waals surface area contributed by atoms with E-state index in [2.05, 4.69) is 9.44 Å².